The topological polar surface area (TPSA) is 92.0 Å². The van der Waals surface area contributed by atoms with E-state index in [1.807, 2.05) is 24.3 Å². The minimum Gasteiger partial charge on any atom is -0.484 e. The van der Waals surface area contributed by atoms with E-state index in [9.17, 15) is 4.79 Å². The van der Waals surface area contributed by atoms with Crippen LogP contribution >= 0.6 is 11.3 Å². The van der Waals surface area contributed by atoms with Gasteiger partial charge in [-0.1, -0.05) is 12.1 Å². The van der Waals surface area contributed by atoms with Gasteiger partial charge in [-0.3, -0.25) is 14.7 Å². The van der Waals surface area contributed by atoms with Gasteiger partial charge in [0.15, 0.2) is 12.6 Å². The largest absolute Gasteiger partial charge is 0.484 e. The summed E-state index contributed by atoms with van der Waals surface area (Å²) in [4.78, 5) is 17.7. The van der Waals surface area contributed by atoms with Gasteiger partial charge >= 0.3 is 0 Å². The summed E-state index contributed by atoms with van der Waals surface area (Å²) in [6.07, 6.45) is 2.20. The van der Waals surface area contributed by atoms with Gasteiger partial charge in [-0.15, -0.1) is 0 Å². The molecule has 1 aliphatic rings. The third-order valence-electron chi connectivity index (χ3n) is 4.88. The maximum absolute atomic E-state index is 10.9. The van der Waals surface area contributed by atoms with Crippen molar-refractivity contribution in [2.75, 3.05) is 26.7 Å². The molecule has 1 aliphatic heterocycles. The summed E-state index contributed by atoms with van der Waals surface area (Å²) in [5.41, 5.74) is 7.57. The average molecular weight is 416 g/mol. The zero-order valence-electron chi connectivity index (χ0n) is 16.8. The fraction of sp³-hybridized carbons (Fsp3) is 0.429. The Morgan fingerprint density at radius 2 is 2.14 bits per heavy atom. The van der Waals surface area contributed by atoms with Crippen molar-refractivity contribution in [1.29, 1.82) is 0 Å². The molecule has 0 saturated carbocycles. The number of ether oxygens (including phenoxy) is 1. The van der Waals surface area contributed by atoms with Crippen LogP contribution in [0.15, 0.2) is 46.1 Å². The summed E-state index contributed by atoms with van der Waals surface area (Å²) in [6, 6.07) is 10.2. The number of primary amides is 1. The van der Waals surface area contributed by atoms with Crippen LogP contribution in [-0.2, 0) is 17.9 Å². The number of guanidine groups is 1. The number of benzene rings is 1. The highest BCUT2D eigenvalue weighted by Gasteiger charge is 2.20. The number of carbonyl (C=O) groups is 1. The van der Waals surface area contributed by atoms with Crippen LogP contribution in [0, 0.1) is 0 Å². The SMILES string of the molecule is CN=C(NCc1cccc(OCC(N)=O)c1)NC1CCN(Cc2ccsc2)CC1. The maximum Gasteiger partial charge on any atom is 0.255 e. The third-order valence-corrected chi connectivity index (χ3v) is 5.61. The van der Waals surface area contributed by atoms with Crippen LogP contribution in [0.3, 0.4) is 0 Å². The molecular formula is C21H29N5O2S. The van der Waals surface area contributed by atoms with Crippen LogP contribution in [0.5, 0.6) is 5.75 Å². The van der Waals surface area contributed by atoms with Crippen molar-refractivity contribution in [1.82, 2.24) is 15.5 Å². The summed E-state index contributed by atoms with van der Waals surface area (Å²) < 4.78 is 5.36. The van der Waals surface area contributed by atoms with Gasteiger partial charge in [-0.2, -0.15) is 11.3 Å². The summed E-state index contributed by atoms with van der Waals surface area (Å²) in [7, 11) is 1.79. The molecule has 8 heteroatoms. The molecule has 3 rings (SSSR count). The number of nitrogens with one attached hydrogen (secondary N) is 2. The number of piperidine rings is 1. The van der Waals surface area contributed by atoms with Crippen LogP contribution in [-0.4, -0.2) is 49.6 Å². The first-order valence-electron chi connectivity index (χ1n) is 9.83. The number of carbonyl (C=O) groups excluding carboxylic acids is 1. The Kier molecular flexibility index (Phi) is 7.89. The molecule has 156 valence electrons. The lowest BCUT2D eigenvalue weighted by atomic mass is 10.0. The van der Waals surface area contributed by atoms with Crippen LogP contribution < -0.4 is 21.1 Å². The van der Waals surface area contributed by atoms with Gasteiger partial charge in [0.2, 0.25) is 0 Å². The second-order valence-electron chi connectivity index (χ2n) is 7.15. The molecule has 1 fully saturated rings. The highest BCUT2D eigenvalue weighted by molar-refractivity contribution is 7.07. The zero-order valence-corrected chi connectivity index (χ0v) is 17.6. The first-order valence-corrected chi connectivity index (χ1v) is 10.8. The number of aliphatic imine (C=N–C) groups is 1. The van der Waals surface area contributed by atoms with Gasteiger partial charge in [0, 0.05) is 39.3 Å². The van der Waals surface area contributed by atoms with Gasteiger partial charge in [0.1, 0.15) is 5.75 Å². The second-order valence-corrected chi connectivity index (χ2v) is 7.93. The zero-order chi connectivity index (χ0) is 20.5. The van der Waals surface area contributed by atoms with E-state index in [1.54, 1.807) is 18.4 Å². The van der Waals surface area contributed by atoms with Gasteiger partial charge in [0.05, 0.1) is 0 Å². The van der Waals surface area contributed by atoms with E-state index in [1.165, 1.54) is 5.56 Å². The van der Waals surface area contributed by atoms with Crippen molar-refractivity contribution < 1.29 is 9.53 Å². The van der Waals surface area contributed by atoms with Crippen molar-refractivity contribution >= 4 is 23.2 Å². The Hall–Kier alpha value is -2.58. The third kappa shape index (κ3) is 7.07. The van der Waals surface area contributed by atoms with Crippen LogP contribution in [0.4, 0.5) is 0 Å². The second kappa shape index (κ2) is 10.8. The van der Waals surface area contributed by atoms with Gasteiger partial charge in [-0.25, -0.2) is 0 Å². The molecule has 0 unspecified atom stereocenters. The molecule has 0 bridgehead atoms. The van der Waals surface area contributed by atoms with Gasteiger partial charge in [0.25, 0.3) is 5.91 Å². The molecule has 0 spiro atoms. The van der Waals surface area contributed by atoms with E-state index >= 15 is 0 Å². The molecular weight excluding hydrogens is 386 g/mol. The smallest absolute Gasteiger partial charge is 0.255 e. The summed E-state index contributed by atoms with van der Waals surface area (Å²) in [5, 5.41) is 11.2. The first kappa shape index (κ1) is 21.1. The van der Waals surface area contributed by atoms with Gasteiger partial charge < -0.3 is 21.1 Å². The number of hydrogen-bond acceptors (Lipinski definition) is 5. The molecule has 0 radical (unpaired) electrons. The number of likely N-dealkylation sites (tertiary alicyclic amines) is 1. The Bertz CT molecular complexity index is 801. The fourth-order valence-corrected chi connectivity index (χ4v) is 4.01. The van der Waals surface area contributed by atoms with Crippen LogP contribution in [0.2, 0.25) is 0 Å². The maximum atomic E-state index is 10.9. The lowest BCUT2D eigenvalue weighted by Gasteiger charge is -2.33. The van der Waals surface area contributed by atoms with Crippen LogP contribution in [0.1, 0.15) is 24.0 Å². The van der Waals surface area contributed by atoms with E-state index in [2.05, 4.69) is 37.4 Å². The number of hydrogen-bond donors (Lipinski definition) is 3. The number of thiophene rings is 1. The molecule has 7 nitrogen and oxygen atoms in total. The molecule has 1 amide bonds. The van der Waals surface area contributed by atoms with E-state index in [0.29, 0.717) is 18.3 Å². The van der Waals surface area contributed by atoms with E-state index in [4.69, 9.17) is 10.5 Å². The molecule has 2 aromatic rings. The minimum atomic E-state index is -0.487. The Balaban J connectivity index is 1.42. The van der Waals surface area contributed by atoms with Crippen molar-refractivity contribution in [3.05, 3.63) is 52.2 Å². The molecule has 1 aromatic heterocycles. The predicted molar refractivity (Wildman–Crippen MR) is 117 cm³/mol. The van der Waals surface area contributed by atoms with E-state index in [0.717, 1.165) is 44.0 Å². The van der Waals surface area contributed by atoms with Crippen molar-refractivity contribution in [3.8, 4) is 5.75 Å². The molecule has 0 atom stereocenters. The molecule has 2 heterocycles. The lowest BCUT2D eigenvalue weighted by molar-refractivity contribution is -0.119. The molecule has 29 heavy (non-hydrogen) atoms. The van der Waals surface area contributed by atoms with Crippen molar-refractivity contribution in [3.63, 3.8) is 0 Å². The summed E-state index contributed by atoms with van der Waals surface area (Å²) in [5.74, 6) is 0.938. The molecule has 0 aliphatic carbocycles. The number of nitrogens with two attached hydrogens (primary N) is 1. The molecule has 1 saturated heterocycles. The highest BCUT2D eigenvalue weighted by atomic mass is 32.1. The standard InChI is InChI=1S/C21H29N5O2S/c1-23-21(24-12-16-3-2-4-19(11-16)28-14-20(22)27)25-18-5-8-26(9-6-18)13-17-7-10-29-15-17/h2-4,7,10-11,15,18H,5-6,8-9,12-14H2,1H3,(H2,22,27)(H2,23,24,25). The Morgan fingerprint density at radius 3 is 2.83 bits per heavy atom. The van der Waals surface area contributed by atoms with E-state index < -0.39 is 5.91 Å². The highest BCUT2D eigenvalue weighted by Crippen LogP contribution is 2.16. The summed E-state index contributed by atoms with van der Waals surface area (Å²) in [6.45, 7) is 3.71. The number of amides is 1. The first-order chi connectivity index (χ1) is 14.1. The van der Waals surface area contributed by atoms with E-state index in [-0.39, 0.29) is 6.61 Å². The van der Waals surface area contributed by atoms with Crippen molar-refractivity contribution in [2.45, 2.75) is 32.0 Å². The predicted octanol–water partition coefficient (Wildman–Crippen LogP) is 1.94. The lowest BCUT2D eigenvalue weighted by Crippen LogP contribution is -2.48. The molecule has 1 aromatic carbocycles. The Labute approximate surface area is 176 Å². The summed E-state index contributed by atoms with van der Waals surface area (Å²) >= 11 is 1.76. The Morgan fingerprint density at radius 1 is 1.31 bits per heavy atom. The van der Waals surface area contributed by atoms with Gasteiger partial charge in [-0.05, 0) is 52.9 Å². The van der Waals surface area contributed by atoms with Crippen LogP contribution in [0.25, 0.3) is 0 Å². The molecule has 4 N–H and O–H groups in total. The minimum absolute atomic E-state index is 0.120. The average Bonchev–Trinajstić information content (AvgIpc) is 3.24. The quantitative estimate of drug-likeness (QED) is 0.453. The normalized spacial score (nSPS) is 15.8. The fourth-order valence-electron chi connectivity index (χ4n) is 3.35. The number of nitrogens with zero attached hydrogens (tertiary/aromatic N) is 2. The monoisotopic (exact) mass is 415 g/mol. The number of rotatable bonds is 8. The van der Waals surface area contributed by atoms with Crippen molar-refractivity contribution in [2.24, 2.45) is 10.7 Å².